The van der Waals surface area contributed by atoms with Crippen LogP contribution in [0.2, 0.25) is 0 Å². The van der Waals surface area contributed by atoms with Gasteiger partial charge < -0.3 is 10.6 Å². The summed E-state index contributed by atoms with van der Waals surface area (Å²) < 4.78 is 0. The lowest BCUT2D eigenvalue weighted by atomic mass is 9.85. The van der Waals surface area contributed by atoms with E-state index < -0.39 is 0 Å². The smallest absolute Gasteiger partial charge is 0.265 e. The molecule has 1 atom stereocenters. The molecule has 2 N–H and O–H groups in total. The molecule has 2 aromatic rings. The van der Waals surface area contributed by atoms with E-state index in [1.807, 2.05) is 35.7 Å². The van der Waals surface area contributed by atoms with Crippen LogP contribution in [-0.4, -0.2) is 11.9 Å². The number of benzene rings is 1. The highest BCUT2D eigenvalue weighted by atomic mass is 35.5. The first kappa shape index (κ1) is 20.9. The van der Waals surface area contributed by atoms with Gasteiger partial charge in [-0.05, 0) is 42.3 Å². The van der Waals surface area contributed by atoms with Gasteiger partial charge in [-0.2, -0.15) is 0 Å². The van der Waals surface area contributed by atoms with Gasteiger partial charge in [0, 0.05) is 18.3 Å². The van der Waals surface area contributed by atoms with Gasteiger partial charge in [0.2, 0.25) is 0 Å². The van der Waals surface area contributed by atoms with Crippen LogP contribution in [0.15, 0.2) is 41.8 Å². The summed E-state index contributed by atoms with van der Waals surface area (Å²) in [5.74, 6) is 0.850. The molecule has 1 aromatic heterocycles. The summed E-state index contributed by atoms with van der Waals surface area (Å²) in [6, 6.07) is 12.3. The zero-order valence-electron chi connectivity index (χ0n) is 15.4. The summed E-state index contributed by atoms with van der Waals surface area (Å²) in [6.45, 7) is 3.07. The molecule has 1 amide bonds. The molecule has 0 aliphatic heterocycles. The Hall–Kier alpha value is -1.36. The summed E-state index contributed by atoms with van der Waals surface area (Å²) >= 11 is 1.47. The van der Waals surface area contributed by atoms with Crippen molar-refractivity contribution in [3.63, 3.8) is 0 Å². The minimum Gasteiger partial charge on any atom is -0.321 e. The van der Waals surface area contributed by atoms with E-state index in [9.17, 15) is 4.79 Å². The normalized spacial score (nSPS) is 15.9. The average molecular weight is 393 g/mol. The van der Waals surface area contributed by atoms with E-state index in [1.165, 1.54) is 49.9 Å². The minimum atomic E-state index is -0.0299. The van der Waals surface area contributed by atoms with Gasteiger partial charge in [0.15, 0.2) is 0 Å². The Morgan fingerprint density at radius 2 is 1.92 bits per heavy atom. The third-order valence-corrected chi connectivity index (χ3v) is 5.93. The Morgan fingerprint density at radius 1 is 1.15 bits per heavy atom. The van der Waals surface area contributed by atoms with Gasteiger partial charge in [0.1, 0.15) is 0 Å². The fraction of sp³-hybridized carbons (Fsp3) is 0.476. The van der Waals surface area contributed by atoms with Crippen LogP contribution < -0.4 is 10.6 Å². The third-order valence-electron chi connectivity index (χ3n) is 5.06. The first-order chi connectivity index (χ1) is 12.2. The summed E-state index contributed by atoms with van der Waals surface area (Å²) in [4.78, 5) is 13.1. The van der Waals surface area contributed by atoms with Crippen molar-refractivity contribution in [2.75, 3.05) is 5.32 Å². The van der Waals surface area contributed by atoms with Gasteiger partial charge in [0.25, 0.3) is 5.91 Å². The number of thiophene rings is 1. The Bertz CT molecular complexity index is 668. The number of carbonyl (C=O) groups excluding carboxylic acids is 1. The van der Waals surface area contributed by atoms with E-state index in [-0.39, 0.29) is 18.3 Å². The lowest BCUT2D eigenvalue weighted by Crippen LogP contribution is -2.29. The first-order valence-corrected chi connectivity index (χ1v) is 10.3. The lowest BCUT2D eigenvalue weighted by Gasteiger charge is -2.25. The highest BCUT2D eigenvalue weighted by molar-refractivity contribution is 7.12. The molecule has 1 fully saturated rings. The largest absolute Gasteiger partial charge is 0.321 e. The summed E-state index contributed by atoms with van der Waals surface area (Å²) in [6.07, 6.45) is 8.24. The molecule has 142 valence electrons. The monoisotopic (exact) mass is 392 g/mol. The maximum atomic E-state index is 12.3. The Morgan fingerprint density at radius 3 is 2.65 bits per heavy atom. The standard InChI is InChI=1S/C21H28N2OS.ClH/c1-16(14-17-8-3-2-4-9-17)22-15-18-10-5-6-11-19(18)23-21(24)20-12-7-13-25-20;/h5-7,10-13,16-17,22H,2-4,8-9,14-15H2,1H3,(H,23,24);1H/t16-;/m0./s1. The van der Waals surface area contributed by atoms with Crippen LogP contribution in [0.3, 0.4) is 0 Å². The molecule has 1 aromatic carbocycles. The van der Waals surface area contributed by atoms with Crippen molar-refractivity contribution in [2.24, 2.45) is 5.92 Å². The maximum Gasteiger partial charge on any atom is 0.265 e. The van der Waals surface area contributed by atoms with Gasteiger partial charge in [-0.1, -0.05) is 56.4 Å². The molecule has 1 saturated carbocycles. The van der Waals surface area contributed by atoms with Crippen LogP contribution in [-0.2, 0) is 6.54 Å². The van der Waals surface area contributed by atoms with E-state index in [0.29, 0.717) is 6.04 Å². The molecule has 0 saturated heterocycles. The molecule has 1 aliphatic carbocycles. The second-order valence-electron chi connectivity index (χ2n) is 7.11. The highest BCUT2D eigenvalue weighted by Gasteiger charge is 2.16. The van der Waals surface area contributed by atoms with Crippen molar-refractivity contribution in [1.82, 2.24) is 5.32 Å². The number of carbonyl (C=O) groups is 1. The Balaban J connectivity index is 0.00000243. The Labute approximate surface area is 167 Å². The molecule has 0 spiro atoms. The average Bonchev–Trinajstić information content (AvgIpc) is 3.17. The summed E-state index contributed by atoms with van der Waals surface area (Å²) in [5.41, 5.74) is 2.04. The first-order valence-electron chi connectivity index (χ1n) is 9.38. The SMILES string of the molecule is C[C@@H](CC1CCCCC1)NCc1ccccc1NC(=O)c1cccs1.Cl. The van der Waals surface area contributed by atoms with Gasteiger partial charge in [-0.25, -0.2) is 0 Å². The molecule has 1 heterocycles. The van der Waals surface area contributed by atoms with Crippen LogP contribution in [0.4, 0.5) is 5.69 Å². The molecular weight excluding hydrogens is 364 g/mol. The predicted octanol–water partition coefficient (Wildman–Crippen LogP) is 5.87. The minimum absolute atomic E-state index is 0. The number of nitrogens with one attached hydrogen (secondary N) is 2. The van der Waals surface area contributed by atoms with Gasteiger partial charge in [-0.3, -0.25) is 4.79 Å². The number of anilines is 1. The van der Waals surface area contributed by atoms with E-state index in [1.54, 1.807) is 0 Å². The van der Waals surface area contributed by atoms with Crippen LogP contribution >= 0.6 is 23.7 Å². The molecule has 5 heteroatoms. The fourth-order valence-electron chi connectivity index (χ4n) is 3.68. The van der Waals surface area contributed by atoms with Crippen molar-refractivity contribution in [3.05, 3.63) is 52.2 Å². The van der Waals surface area contributed by atoms with Crippen molar-refractivity contribution in [2.45, 2.75) is 58.0 Å². The molecule has 3 rings (SSSR count). The van der Waals surface area contributed by atoms with Crippen LogP contribution in [0.25, 0.3) is 0 Å². The van der Waals surface area contributed by atoms with Crippen molar-refractivity contribution >= 4 is 35.3 Å². The quantitative estimate of drug-likeness (QED) is 0.618. The molecular formula is C21H29ClN2OS. The van der Waals surface area contributed by atoms with Crippen LogP contribution in [0.1, 0.15) is 60.7 Å². The molecule has 0 radical (unpaired) electrons. The van der Waals surface area contributed by atoms with Crippen LogP contribution in [0.5, 0.6) is 0 Å². The third kappa shape index (κ3) is 6.11. The van der Waals surface area contributed by atoms with Crippen molar-refractivity contribution in [1.29, 1.82) is 0 Å². The van der Waals surface area contributed by atoms with E-state index in [4.69, 9.17) is 0 Å². The number of amides is 1. The summed E-state index contributed by atoms with van der Waals surface area (Å²) in [7, 11) is 0. The molecule has 0 unspecified atom stereocenters. The molecule has 0 bridgehead atoms. The van der Waals surface area contributed by atoms with Gasteiger partial charge >= 0.3 is 0 Å². The van der Waals surface area contributed by atoms with E-state index in [0.717, 1.165) is 28.6 Å². The van der Waals surface area contributed by atoms with Crippen LogP contribution in [0, 0.1) is 5.92 Å². The molecule has 26 heavy (non-hydrogen) atoms. The van der Waals surface area contributed by atoms with Gasteiger partial charge in [-0.15, -0.1) is 23.7 Å². The van der Waals surface area contributed by atoms with E-state index in [2.05, 4.69) is 23.6 Å². The number of para-hydroxylation sites is 1. The zero-order chi connectivity index (χ0) is 17.5. The zero-order valence-corrected chi connectivity index (χ0v) is 17.0. The number of halogens is 1. The number of hydrogen-bond acceptors (Lipinski definition) is 3. The topological polar surface area (TPSA) is 41.1 Å². The van der Waals surface area contributed by atoms with Gasteiger partial charge in [0.05, 0.1) is 4.88 Å². The van der Waals surface area contributed by atoms with Crippen molar-refractivity contribution < 1.29 is 4.79 Å². The maximum absolute atomic E-state index is 12.3. The number of hydrogen-bond donors (Lipinski definition) is 2. The van der Waals surface area contributed by atoms with E-state index >= 15 is 0 Å². The second kappa shape index (κ2) is 10.7. The second-order valence-corrected chi connectivity index (χ2v) is 8.06. The predicted molar refractivity (Wildman–Crippen MR) is 113 cm³/mol. The fourth-order valence-corrected chi connectivity index (χ4v) is 4.30. The lowest BCUT2D eigenvalue weighted by molar-refractivity contribution is 0.103. The molecule has 1 aliphatic rings. The summed E-state index contributed by atoms with van der Waals surface area (Å²) in [5, 5.41) is 8.62. The highest BCUT2D eigenvalue weighted by Crippen LogP contribution is 2.27. The Kier molecular flexibility index (Phi) is 8.63. The van der Waals surface area contributed by atoms with Crippen molar-refractivity contribution in [3.8, 4) is 0 Å². The number of rotatable bonds is 7. The molecule has 3 nitrogen and oxygen atoms in total.